The summed E-state index contributed by atoms with van der Waals surface area (Å²) in [5.74, 6) is 0.406. The molecule has 4 nitrogen and oxygen atoms in total. The molecule has 0 bridgehead atoms. The summed E-state index contributed by atoms with van der Waals surface area (Å²) in [5.41, 5.74) is 1.74. The predicted molar refractivity (Wildman–Crippen MR) is 87.5 cm³/mol. The fraction of sp³-hybridized carbons (Fsp3) is 0.125. The van der Waals surface area contributed by atoms with Gasteiger partial charge in [-0.25, -0.2) is 0 Å². The first-order chi connectivity index (χ1) is 10.2. The molecule has 2 N–H and O–H groups in total. The highest BCUT2D eigenvalue weighted by Gasteiger charge is 2.09. The zero-order valence-corrected chi connectivity index (χ0v) is 12.4. The zero-order chi connectivity index (χ0) is 15.1. The summed E-state index contributed by atoms with van der Waals surface area (Å²) in [7, 11) is 1.59. The molecular weight excluding hydrogens is 284 g/mol. The quantitative estimate of drug-likeness (QED) is 0.853. The van der Waals surface area contributed by atoms with Crippen molar-refractivity contribution in [1.82, 2.24) is 5.32 Å². The highest BCUT2D eigenvalue weighted by Crippen LogP contribution is 2.14. The van der Waals surface area contributed by atoms with Gasteiger partial charge in [0.2, 0.25) is 0 Å². The second-order valence-corrected chi connectivity index (χ2v) is 4.76. The van der Waals surface area contributed by atoms with Crippen molar-refractivity contribution in [2.45, 2.75) is 6.54 Å². The summed E-state index contributed by atoms with van der Waals surface area (Å²) in [4.78, 5) is 12.1. The summed E-state index contributed by atoms with van der Waals surface area (Å²) >= 11 is 5.08. The van der Waals surface area contributed by atoms with E-state index in [-0.39, 0.29) is 10.9 Å². The third kappa shape index (κ3) is 4.57. The molecule has 5 heteroatoms. The van der Waals surface area contributed by atoms with Crippen LogP contribution in [0.25, 0.3) is 0 Å². The molecule has 108 valence electrons. The van der Waals surface area contributed by atoms with Crippen LogP contribution in [0.2, 0.25) is 0 Å². The molecule has 0 fully saturated rings. The lowest BCUT2D eigenvalue weighted by Gasteiger charge is -2.09. The molecule has 0 saturated heterocycles. The van der Waals surface area contributed by atoms with Crippen LogP contribution >= 0.6 is 12.2 Å². The maximum atomic E-state index is 11.9. The molecular formula is C16H16N2O2S. The van der Waals surface area contributed by atoms with Crippen LogP contribution in [0.15, 0.2) is 54.6 Å². The van der Waals surface area contributed by atoms with Crippen molar-refractivity contribution in [3.63, 3.8) is 0 Å². The third-order valence-electron chi connectivity index (χ3n) is 2.85. The second kappa shape index (κ2) is 7.40. The van der Waals surface area contributed by atoms with Crippen molar-refractivity contribution < 1.29 is 9.53 Å². The number of carbonyl (C=O) groups excluding carboxylic acids is 1. The van der Waals surface area contributed by atoms with Crippen molar-refractivity contribution in [2.24, 2.45) is 0 Å². The van der Waals surface area contributed by atoms with Crippen LogP contribution in [0.3, 0.4) is 0 Å². The lowest BCUT2D eigenvalue weighted by atomic mass is 10.2. The van der Waals surface area contributed by atoms with Gasteiger partial charge in [-0.3, -0.25) is 4.79 Å². The molecule has 0 unspecified atom stereocenters. The summed E-state index contributed by atoms with van der Waals surface area (Å²) in [6.45, 7) is 0.524. The fourth-order valence-corrected chi connectivity index (χ4v) is 1.84. The van der Waals surface area contributed by atoms with E-state index in [0.29, 0.717) is 12.2 Å². The van der Waals surface area contributed by atoms with E-state index in [1.54, 1.807) is 31.4 Å². The first kappa shape index (κ1) is 15.0. The molecule has 0 aliphatic heterocycles. The van der Waals surface area contributed by atoms with E-state index >= 15 is 0 Å². The normalized spacial score (nSPS) is 9.76. The van der Waals surface area contributed by atoms with E-state index in [1.165, 1.54) is 0 Å². The van der Waals surface area contributed by atoms with E-state index in [4.69, 9.17) is 17.0 Å². The molecule has 1 amide bonds. The Morgan fingerprint density at radius 3 is 2.38 bits per heavy atom. The van der Waals surface area contributed by atoms with Gasteiger partial charge in [-0.15, -0.1) is 0 Å². The number of methoxy groups -OCH3 is 1. The largest absolute Gasteiger partial charge is 0.497 e. The molecule has 2 rings (SSSR count). The topological polar surface area (TPSA) is 50.4 Å². The minimum absolute atomic E-state index is 0.162. The summed E-state index contributed by atoms with van der Waals surface area (Å²) in [5, 5.41) is 5.67. The molecule has 0 saturated carbocycles. The minimum atomic E-state index is -0.328. The Morgan fingerprint density at radius 1 is 1.10 bits per heavy atom. The first-order valence-corrected chi connectivity index (χ1v) is 6.87. The monoisotopic (exact) mass is 300 g/mol. The number of hydrogen-bond donors (Lipinski definition) is 2. The first-order valence-electron chi connectivity index (χ1n) is 6.46. The summed E-state index contributed by atoms with van der Waals surface area (Å²) < 4.78 is 5.06. The number of thiocarbonyl (C=S) groups is 1. The molecule has 0 aromatic heterocycles. The second-order valence-electron chi connectivity index (χ2n) is 4.35. The van der Waals surface area contributed by atoms with Crippen LogP contribution < -0.4 is 15.4 Å². The predicted octanol–water partition coefficient (Wildman–Crippen LogP) is 2.75. The van der Waals surface area contributed by atoms with Gasteiger partial charge in [0.15, 0.2) is 4.99 Å². The number of benzene rings is 2. The lowest BCUT2D eigenvalue weighted by Crippen LogP contribution is -2.33. The molecule has 0 heterocycles. The SMILES string of the molecule is COc1ccc(NC(=O)C(=S)NCc2ccccc2)cc1. The maximum absolute atomic E-state index is 11.9. The van der Waals surface area contributed by atoms with Gasteiger partial charge >= 0.3 is 0 Å². The van der Waals surface area contributed by atoms with Crippen LogP contribution in [0.5, 0.6) is 5.75 Å². The molecule has 0 spiro atoms. The lowest BCUT2D eigenvalue weighted by molar-refractivity contribution is -0.110. The van der Waals surface area contributed by atoms with Crippen LogP contribution in [0.4, 0.5) is 5.69 Å². The van der Waals surface area contributed by atoms with Gasteiger partial charge in [0.05, 0.1) is 7.11 Å². The Morgan fingerprint density at radius 2 is 1.76 bits per heavy atom. The fourth-order valence-electron chi connectivity index (χ4n) is 1.72. The molecule has 2 aromatic rings. The molecule has 2 aromatic carbocycles. The van der Waals surface area contributed by atoms with Crippen molar-refractivity contribution in [2.75, 3.05) is 12.4 Å². The number of carbonyl (C=O) groups is 1. The molecule has 0 radical (unpaired) electrons. The summed E-state index contributed by atoms with van der Waals surface area (Å²) in [6.07, 6.45) is 0. The van der Waals surface area contributed by atoms with Gasteiger partial charge in [0, 0.05) is 12.2 Å². The van der Waals surface area contributed by atoms with Crippen LogP contribution in [0.1, 0.15) is 5.56 Å². The van der Waals surface area contributed by atoms with Gasteiger partial charge in [-0.2, -0.15) is 0 Å². The van der Waals surface area contributed by atoms with Gasteiger partial charge in [-0.05, 0) is 29.8 Å². The number of rotatable bonds is 4. The van der Waals surface area contributed by atoms with E-state index in [0.717, 1.165) is 11.3 Å². The Kier molecular flexibility index (Phi) is 5.29. The van der Waals surface area contributed by atoms with E-state index in [2.05, 4.69) is 10.6 Å². The molecule has 0 aliphatic rings. The Labute approximate surface area is 129 Å². The third-order valence-corrected chi connectivity index (χ3v) is 3.18. The van der Waals surface area contributed by atoms with Crippen LogP contribution in [-0.4, -0.2) is 18.0 Å². The van der Waals surface area contributed by atoms with E-state index < -0.39 is 0 Å². The minimum Gasteiger partial charge on any atom is -0.497 e. The highest BCUT2D eigenvalue weighted by molar-refractivity contribution is 7.82. The van der Waals surface area contributed by atoms with Gasteiger partial charge < -0.3 is 15.4 Å². The Bertz CT molecular complexity index is 612. The number of nitrogens with one attached hydrogen (secondary N) is 2. The van der Waals surface area contributed by atoms with Crippen molar-refractivity contribution in [3.8, 4) is 5.75 Å². The zero-order valence-electron chi connectivity index (χ0n) is 11.6. The molecule has 0 atom stereocenters. The van der Waals surface area contributed by atoms with Crippen LogP contribution in [0, 0.1) is 0 Å². The van der Waals surface area contributed by atoms with Gasteiger partial charge in [0.25, 0.3) is 5.91 Å². The number of hydrogen-bond acceptors (Lipinski definition) is 3. The van der Waals surface area contributed by atoms with Crippen molar-refractivity contribution >= 4 is 28.8 Å². The standard InChI is InChI=1S/C16H16N2O2S/c1-20-14-9-7-13(8-10-14)18-15(19)16(21)17-11-12-5-3-2-4-6-12/h2-10H,11H2,1H3,(H,17,21)(H,18,19). The maximum Gasteiger partial charge on any atom is 0.283 e. The average molecular weight is 300 g/mol. The Balaban J connectivity index is 1.86. The Hall–Kier alpha value is -2.40. The molecule has 21 heavy (non-hydrogen) atoms. The highest BCUT2D eigenvalue weighted by atomic mass is 32.1. The molecule has 0 aliphatic carbocycles. The smallest absolute Gasteiger partial charge is 0.283 e. The van der Waals surface area contributed by atoms with E-state index in [9.17, 15) is 4.79 Å². The van der Waals surface area contributed by atoms with Crippen molar-refractivity contribution in [1.29, 1.82) is 0 Å². The number of anilines is 1. The van der Waals surface area contributed by atoms with E-state index in [1.807, 2.05) is 30.3 Å². The van der Waals surface area contributed by atoms with Gasteiger partial charge in [-0.1, -0.05) is 42.5 Å². The average Bonchev–Trinajstić information content (AvgIpc) is 2.54. The van der Waals surface area contributed by atoms with Crippen LogP contribution in [-0.2, 0) is 11.3 Å². The number of ether oxygens (including phenoxy) is 1. The summed E-state index contributed by atoms with van der Waals surface area (Å²) in [6, 6.07) is 16.8. The van der Waals surface area contributed by atoms with Crippen molar-refractivity contribution in [3.05, 3.63) is 60.2 Å². The number of amides is 1. The van der Waals surface area contributed by atoms with Gasteiger partial charge in [0.1, 0.15) is 5.75 Å².